The minimum absolute atomic E-state index is 0. The van der Waals surface area contributed by atoms with Crippen molar-refractivity contribution in [3.63, 3.8) is 0 Å². The Morgan fingerprint density at radius 1 is 1.07 bits per heavy atom. The Bertz CT molecular complexity index is 774. The molecule has 6 nitrogen and oxygen atoms in total. The van der Waals surface area contributed by atoms with Crippen LogP contribution < -0.4 is 20.7 Å². The number of halogens is 1. The molecule has 1 heterocycles. The lowest BCUT2D eigenvalue weighted by Crippen LogP contribution is -2.45. The van der Waals surface area contributed by atoms with Crippen LogP contribution in [0.15, 0.2) is 48.5 Å². The van der Waals surface area contributed by atoms with E-state index in [1.54, 1.807) is 55.6 Å². The zero-order chi connectivity index (χ0) is 18.4. The monoisotopic (exact) mass is 389 g/mol. The molecular weight excluding hydrogens is 366 g/mol. The molecule has 2 aromatic carbocycles. The van der Waals surface area contributed by atoms with E-state index in [4.69, 9.17) is 4.74 Å². The number of nitrogens with one attached hydrogen (secondary N) is 3. The summed E-state index contributed by atoms with van der Waals surface area (Å²) >= 11 is 0. The zero-order valence-electron chi connectivity index (χ0n) is 15.2. The average Bonchev–Trinajstić information content (AvgIpc) is 2.69. The molecule has 1 fully saturated rings. The molecule has 27 heavy (non-hydrogen) atoms. The van der Waals surface area contributed by atoms with Crippen LogP contribution in [0.2, 0.25) is 0 Å². The molecule has 7 heteroatoms. The summed E-state index contributed by atoms with van der Waals surface area (Å²) in [6.45, 7) is 1.76. The molecule has 0 bridgehead atoms. The smallest absolute Gasteiger partial charge is 0.255 e. The Hall–Kier alpha value is -2.57. The number of anilines is 1. The fourth-order valence-corrected chi connectivity index (χ4v) is 2.97. The van der Waals surface area contributed by atoms with Gasteiger partial charge in [-0.3, -0.25) is 9.59 Å². The molecule has 2 aromatic rings. The van der Waals surface area contributed by atoms with E-state index < -0.39 is 0 Å². The van der Waals surface area contributed by atoms with Crippen LogP contribution in [0.5, 0.6) is 5.75 Å². The number of hydrogen-bond acceptors (Lipinski definition) is 4. The van der Waals surface area contributed by atoms with Gasteiger partial charge >= 0.3 is 0 Å². The Morgan fingerprint density at radius 3 is 2.48 bits per heavy atom. The average molecular weight is 390 g/mol. The fraction of sp³-hybridized carbons (Fsp3) is 0.300. The Kier molecular flexibility index (Phi) is 7.64. The molecule has 0 aromatic heterocycles. The van der Waals surface area contributed by atoms with Crippen molar-refractivity contribution in [1.29, 1.82) is 0 Å². The number of methoxy groups -OCH3 is 1. The zero-order valence-corrected chi connectivity index (χ0v) is 16.0. The predicted molar refractivity (Wildman–Crippen MR) is 108 cm³/mol. The van der Waals surface area contributed by atoms with Gasteiger partial charge in [0.1, 0.15) is 5.75 Å². The highest BCUT2D eigenvalue weighted by Crippen LogP contribution is 2.18. The van der Waals surface area contributed by atoms with E-state index in [2.05, 4.69) is 16.0 Å². The van der Waals surface area contributed by atoms with Gasteiger partial charge in [0.05, 0.1) is 18.4 Å². The predicted octanol–water partition coefficient (Wildman–Crippen LogP) is 2.85. The van der Waals surface area contributed by atoms with Crippen molar-refractivity contribution < 1.29 is 14.3 Å². The van der Waals surface area contributed by atoms with E-state index in [1.165, 1.54) is 0 Å². The van der Waals surface area contributed by atoms with Gasteiger partial charge in [-0.2, -0.15) is 0 Å². The normalized spacial score (nSPS) is 16.0. The Labute approximate surface area is 165 Å². The Balaban J connectivity index is 0.00000261. The first-order chi connectivity index (χ1) is 12.7. The Morgan fingerprint density at radius 2 is 1.81 bits per heavy atom. The van der Waals surface area contributed by atoms with E-state index in [-0.39, 0.29) is 30.3 Å². The van der Waals surface area contributed by atoms with Gasteiger partial charge in [-0.15, -0.1) is 12.4 Å². The summed E-state index contributed by atoms with van der Waals surface area (Å²) in [5, 5.41) is 9.14. The fourth-order valence-electron chi connectivity index (χ4n) is 2.97. The topological polar surface area (TPSA) is 79.5 Å². The molecule has 1 aliphatic heterocycles. The summed E-state index contributed by atoms with van der Waals surface area (Å²) in [6, 6.07) is 14.0. The number of benzene rings is 2. The third-order valence-electron chi connectivity index (χ3n) is 4.40. The highest BCUT2D eigenvalue weighted by atomic mass is 35.5. The number of ether oxygens (including phenoxy) is 1. The second-order valence-corrected chi connectivity index (χ2v) is 6.24. The van der Waals surface area contributed by atoms with Gasteiger partial charge in [0.25, 0.3) is 11.8 Å². The second-order valence-electron chi connectivity index (χ2n) is 6.24. The van der Waals surface area contributed by atoms with Gasteiger partial charge < -0.3 is 20.7 Å². The van der Waals surface area contributed by atoms with Gasteiger partial charge in [-0.05, 0) is 55.8 Å². The summed E-state index contributed by atoms with van der Waals surface area (Å²) in [6.07, 6.45) is 2.00. The number of rotatable bonds is 5. The van der Waals surface area contributed by atoms with Crippen molar-refractivity contribution in [3.8, 4) is 5.75 Å². The standard InChI is InChI=1S/C20H23N3O3.ClH/c1-26-16-10-8-14(9-11-16)19(24)23-18-7-3-2-6-17(18)20(25)22-15-5-4-12-21-13-15;/h2-3,6-11,15,21H,4-5,12-13H2,1H3,(H,22,25)(H,23,24);1H. The minimum atomic E-state index is -0.271. The van der Waals surface area contributed by atoms with E-state index in [9.17, 15) is 9.59 Å². The highest BCUT2D eigenvalue weighted by molar-refractivity contribution is 6.09. The summed E-state index contributed by atoms with van der Waals surface area (Å²) in [7, 11) is 1.58. The highest BCUT2D eigenvalue weighted by Gasteiger charge is 2.19. The molecule has 3 N–H and O–H groups in total. The van der Waals surface area contributed by atoms with Crippen molar-refractivity contribution in [3.05, 3.63) is 59.7 Å². The molecule has 3 rings (SSSR count). The van der Waals surface area contributed by atoms with E-state index in [1.807, 2.05) is 0 Å². The van der Waals surface area contributed by atoms with Crippen molar-refractivity contribution in [2.45, 2.75) is 18.9 Å². The number of piperidine rings is 1. The molecule has 0 saturated carbocycles. The number of hydrogen-bond donors (Lipinski definition) is 3. The largest absolute Gasteiger partial charge is 0.497 e. The first-order valence-corrected chi connectivity index (χ1v) is 8.73. The summed E-state index contributed by atoms with van der Waals surface area (Å²) in [5.74, 6) is 0.235. The van der Waals surface area contributed by atoms with Crippen molar-refractivity contribution in [1.82, 2.24) is 10.6 Å². The minimum Gasteiger partial charge on any atom is -0.497 e. The van der Waals surface area contributed by atoms with Crippen molar-refractivity contribution in [2.75, 3.05) is 25.5 Å². The van der Waals surface area contributed by atoms with Crippen LogP contribution in [0.3, 0.4) is 0 Å². The van der Waals surface area contributed by atoms with Crippen molar-refractivity contribution >= 4 is 29.9 Å². The van der Waals surface area contributed by atoms with Crippen molar-refractivity contribution in [2.24, 2.45) is 0 Å². The molecule has 144 valence electrons. The molecular formula is C20H24ClN3O3. The molecule has 1 aliphatic rings. The van der Waals surface area contributed by atoms with Crippen LogP contribution in [0.1, 0.15) is 33.6 Å². The van der Waals surface area contributed by atoms with E-state index in [0.29, 0.717) is 22.6 Å². The molecule has 1 atom stereocenters. The van der Waals surface area contributed by atoms with E-state index >= 15 is 0 Å². The summed E-state index contributed by atoms with van der Waals surface area (Å²) in [4.78, 5) is 25.1. The van der Waals surface area contributed by atoms with Gasteiger partial charge in [0.2, 0.25) is 0 Å². The number of amides is 2. The molecule has 1 saturated heterocycles. The van der Waals surface area contributed by atoms with Crippen LogP contribution in [-0.2, 0) is 0 Å². The van der Waals surface area contributed by atoms with Gasteiger partial charge in [-0.25, -0.2) is 0 Å². The maximum atomic E-state index is 12.6. The maximum Gasteiger partial charge on any atom is 0.255 e. The first kappa shape index (κ1) is 20.7. The lowest BCUT2D eigenvalue weighted by Gasteiger charge is -2.24. The number of para-hydroxylation sites is 1. The van der Waals surface area contributed by atoms with Crippen LogP contribution in [-0.4, -0.2) is 38.1 Å². The van der Waals surface area contributed by atoms with Gasteiger partial charge in [0.15, 0.2) is 0 Å². The number of carbonyl (C=O) groups is 2. The van der Waals surface area contributed by atoms with Gasteiger partial charge in [-0.1, -0.05) is 12.1 Å². The van der Waals surface area contributed by atoms with Crippen LogP contribution in [0.25, 0.3) is 0 Å². The second kappa shape index (κ2) is 9.94. The molecule has 0 spiro atoms. The van der Waals surface area contributed by atoms with Gasteiger partial charge in [0, 0.05) is 18.2 Å². The molecule has 1 unspecified atom stereocenters. The van der Waals surface area contributed by atoms with Crippen LogP contribution in [0.4, 0.5) is 5.69 Å². The third kappa shape index (κ3) is 5.45. The lowest BCUT2D eigenvalue weighted by atomic mass is 10.1. The van der Waals surface area contributed by atoms with Crippen LogP contribution >= 0.6 is 12.4 Å². The molecule has 0 aliphatic carbocycles. The first-order valence-electron chi connectivity index (χ1n) is 8.73. The molecule has 2 amide bonds. The summed E-state index contributed by atoms with van der Waals surface area (Å²) < 4.78 is 5.10. The SMILES string of the molecule is COc1ccc(C(=O)Nc2ccccc2C(=O)NC2CCCNC2)cc1.Cl. The maximum absolute atomic E-state index is 12.6. The lowest BCUT2D eigenvalue weighted by molar-refractivity contribution is 0.0931. The molecule has 0 radical (unpaired) electrons. The third-order valence-corrected chi connectivity index (χ3v) is 4.40. The summed E-state index contributed by atoms with van der Waals surface area (Å²) in [5.41, 5.74) is 1.45. The number of carbonyl (C=O) groups excluding carboxylic acids is 2. The van der Waals surface area contributed by atoms with Crippen LogP contribution in [0, 0.1) is 0 Å². The quantitative estimate of drug-likeness (QED) is 0.734. The van der Waals surface area contributed by atoms with E-state index in [0.717, 1.165) is 25.9 Å².